The molecule has 2 N–H and O–H groups in total. The van der Waals surface area contributed by atoms with Gasteiger partial charge in [0.15, 0.2) is 0 Å². The second-order valence-corrected chi connectivity index (χ2v) is 6.58. The maximum atomic E-state index is 12.1. The molecule has 0 atom stereocenters. The van der Waals surface area contributed by atoms with Crippen LogP contribution in [0.5, 0.6) is 5.75 Å². The molecule has 0 saturated heterocycles. The highest BCUT2D eigenvalue weighted by Crippen LogP contribution is 2.23. The summed E-state index contributed by atoms with van der Waals surface area (Å²) in [6.45, 7) is 5.78. The smallest absolute Gasteiger partial charge is 0.406 e. The second-order valence-electron chi connectivity index (χ2n) is 6.58. The number of nitrogens with one attached hydrogen (secondary N) is 2. The van der Waals surface area contributed by atoms with Crippen LogP contribution in [0.25, 0.3) is 0 Å². The van der Waals surface area contributed by atoms with E-state index in [1.165, 1.54) is 17.0 Å². The van der Waals surface area contributed by atoms with Gasteiger partial charge in [0.2, 0.25) is 11.8 Å². The third kappa shape index (κ3) is 8.70. The van der Waals surface area contributed by atoms with Gasteiger partial charge in [0.25, 0.3) is 0 Å². The molecule has 0 aliphatic rings. The van der Waals surface area contributed by atoms with E-state index in [0.717, 1.165) is 18.6 Å². The molecular weight excluding hydrogens is 351 g/mol. The van der Waals surface area contributed by atoms with E-state index in [1.807, 2.05) is 20.8 Å². The van der Waals surface area contributed by atoms with E-state index in [-0.39, 0.29) is 36.2 Å². The number of carbonyl (C=O) groups is 2. The number of amides is 2. The van der Waals surface area contributed by atoms with Crippen LogP contribution in [0.15, 0.2) is 24.3 Å². The third-order valence-corrected chi connectivity index (χ3v) is 3.56. The number of benzene rings is 1. The highest BCUT2D eigenvalue weighted by Gasteiger charge is 2.31. The fourth-order valence-electron chi connectivity index (χ4n) is 1.99. The molecule has 0 radical (unpaired) electrons. The summed E-state index contributed by atoms with van der Waals surface area (Å²) in [5.74, 6) is -0.955. The predicted molar refractivity (Wildman–Crippen MR) is 91.8 cm³/mol. The molecule has 0 saturated carbocycles. The normalized spacial score (nSPS) is 12.0. The van der Waals surface area contributed by atoms with Crippen LogP contribution in [0.2, 0.25) is 0 Å². The van der Waals surface area contributed by atoms with Gasteiger partial charge in [-0.15, -0.1) is 13.2 Å². The molecule has 1 rings (SSSR count). The lowest BCUT2D eigenvalue weighted by molar-refractivity contribution is -0.274. The Morgan fingerprint density at radius 3 is 2.12 bits per heavy atom. The highest BCUT2D eigenvalue weighted by atomic mass is 19.4. The van der Waals surface area contributed by atoms with Gasteiger partial charge in [-0.3, -0.25) is 14.5 Å². The van der Waals surface area contributed by atoms with E-state index in [1.54, 1.807) is 7.05 Å². The van der Waals surface area contributed by atoms with Crippen molar-refractivity contribution in [3.63, 3.8) is 0 Å². The molecule has 0 bridgehead atoms. The summed E-state index contributed by atoms with van der Waals surface area (Å²) in [6.07, 6.45) is -3.99. The quantitative estimate of drug-likeness (QED) is 0.733. The minimum Gasteiger partial charge on any atom is -0.406 e. The van der Waals surface area contributed by atoms with Crippen molar-refractivity contribution in [2.75, 3.05) is 25.5 Å². The first-order chi connectivity index (χ1) is 11.9. The van der Waals surface area contributed by atoms with Crippen LogP contribution in [0.1, 0.15) is 27.2 Å². The van der Waals surface area contributed by atoms with Crippen LogP contribution >= 0.6 is 0 Å². The topological polar surface area (TPSA) is 70.7 Å². The van der Waals surface area contributed by atoms with E-state index in [9.17, 15) is 22.8 Å². The first-order valence-electron chi connectivity index (χ1n) is 8.05. The van der Waals surface area contributed by atoms with E-state index in [2.05, 4.69) is 15.4 Å². The number of halogens is 3. The van der Waals surface area contributed by atoms with Crippen LogP contribution in [-0.4, -0.2) is 48.8 Å². The molecule has 1 aromatic carbocycles. The van der Waals surface area contributed by atoms with E-state index in [0.29, 0.717) is 5.69 Å². The average molecular weight is 375 g/mol. The number of rotatable bonds is 8. The molecular formula is C17H24F3N3O3. The number of likely N-dealkylation sites (N-methyl/N-ethyl adjacent to an activating group) is 1. The molecule has 0 spiro atoms. The molecule has 9 heteroatoms. The lowest BCUT2D eigenvalue weighted by Gasteiger charge is -2.26. The summed E-state index contributed by atoms with van der Waals surface area (Å²) >= 11 is 0. The van der Waals surface area contributed by atoms with Gasteiger partial charge in [0, 0.05) is 11.2 Å². The second kappa shape index (κ2) is 8.88. The van der Waals surface area contributed by atoms with Gasteiger partial charge in [-0.1, -0.05) is 6.92 Å². The third-order valence-electron chi connectivity index (χ3n) is 3.56. The van der Waals surface area contributed by atoms with Crippen LogP contribution < -0.4 is 15.4 Å². The summed E-state index contributed by atoms with van der Waals surface area (Å²) in [4.78, 5) is 25.4. The summed E-state index contributed by atoms with van der Waals surface area (Å²) in [7, 11) is 1.62. The number of anilines is 1. The number of carbonyl (C=O) groups excluding carboxylic acids is 2. The average Bonchev–Trinajstić information content (AvgIpc) is 2.46. The number of hydrogen-bond donors (Lipinski definition) is 2. The zero-order chi connectivity index (χ0) is 20.0. The first-order valence-corrected chi connectivity index (χ1v) is 8.05. The molecule has 0 unspecified atom stereocenters. The first kappa shape index (κ1) is 21.8. The summed E-state index contributed by atoms with van der Waals surface area (Å²) < 4.78 is 40.0. The molecule has 0 aromatic heterocycles. The van der Waals surface area contributed by atoms with E-state index < -0.39 is 6.36 Å². The van der Waals surface area contributed by atoms with Gasteiger partial charge in [0.05, 0.1) is 13.1 Å². The lowest BCUT2D eigenvalue weighted by atomic mass is 10.0. The van der Waals surface area contributed by atoms with E-state index >= 15 is 0 Å². The Bertz CT molecular complexity index is 616. The van der Waals surface area contributed by atoms with Gasteiger partial charge in [0.1, 0.15) is 5.75 Å². The van der Waals surface area contributed by atoms with Crippen LogP contribution in [-0.2, 0) is 9.59 Å². The molecule has 146 valence electrons. The van der Waals surface area contributed by atoms with Crippen LogP contribution in [0.4, 0.5) is 18.9 Å². The Balaban J connectivity index is 2.47. The zero-order valence-corrected chi connectivity index (χ0v) is 15.2. The fraction of sp³-hybridized carbons (Fsp3) is 0.529. The van der Waals surface area contributed by atoms with Crippen molar-refractivity contribution in [1.82, 2.24) is 10.2 Å². The molecule has 26 heavy (non-hydrogen) atoms. The summed E-state index contributed by atoms with van der Waals surface area (Å²) in [5.41, 5.74) is 0.00920. The van der Waals surface area contributed by atoms with Crippen LogP contribution in [0.3, 0.4) is 0 Å². The maximum absolute atomic E-state index is 12.1. The molecule has 6 nitrogen and oxygen atoms in total. The van der Waals surface area contributed by atoms with Gasteiger partial charge in [-0.05, 0) is 51.6 Å². The van der Waals surface area contributed by atoms with Crippen molar-refractivity contribution in [2.24, 2.45) is 0 Å². The van der Waals surface area contributed by atoms with Crippen molar-refractivity contribution in [3.8, 4) is 5.75 Å². The van der Waals surface area contributed by atoms with Gasteiger partial charge in [-0.2, -0.15) is 0 Å². The molecule has 0 aliphatic heterocycles. The minimum absolute atomic E-state index is 0.0409. The largest absolute Gasteiger partial charge is 0.573 e. The molecule has 0 aliphatic carbocycles. The number of ether oxygens (including phenoxy) is 1. The lowest BCUT2D eigenvalue weighted by Crippen LogP contribution is -2.47. The Labute approximate surface area is 150 Å². The summed E-state index contributed by atoms with van der Waals surface area (Å²) in [6, 6.07) is 4.81. The van der Waals surface area contributed by atoms with Gasteiger partial charge in [-0.25, -0.2) is 0 Å². The minimum atomic E-state index is -4.76. The Morgan fingerprint density at radius 1 is 1.08 bits per heavy atom. The number of alkyl halides is 3. The Hall–Kier alpha value is -2.29. The standard InChI is InChI=1S/C17H24F3N3O3/c1-5-16(2,3)22-15(25)11-23(4)10-14(24)21-12-6-8-13(9-7-12)26-17(18,19)20/h6-9H,5,10-11H2,1-4H3,(H,21,24)(H,22,25). The van der Waals surface area contributed by atoms with Crippen molar-refractivity contribution >= 4 is 17.5 Å². The van der Waals surface area contributed by atoms with E-state index in [4.69, 9.17) is 0 Å². The SMILES string of the molecule is CCC(C)(C)NC(=O)CN(C)CC(=O)Nc1ccc(OC(F)(F)F)cc1. The van der Waals surface area contributed by atoms with Crippen molar-refractivity contribution in [1.29, 1.82) is 0 Å². The van der Waals surface area contributed by atoms with Crippen molar-refractivity contribution in [2.45, 2.75) is 39.1 Å². The predicted octanol–water partition coefficient (Wildman–Crippen LogP) is 2.76. The summed E-state index contributed by atoms with van der Waals surface area (Å²) in [5, 5.41) is 5.41. The number of hydrogen-bond acceptors (Lipinski definition) is 4. The fourth-order valence-corrected chi connectivity index (χ4v) is 1.99. The van der Waals surface area contributed by atoms with Crippen LogP contribution in [0, 0.1) is 0 Å². The van der Waals surface area contributed by atoms with Crippen molar-refractivity contribution in [3.05, 3.63) is 24.3 Å². The van der Waals surface area contributed by atoms with Crippen molar-refractivity contribution < 1.29 is 27.5 Å². The Morgan fingerprint density at radius 2 is 1.62 bits per heavy atom. The van der Waals surface area contributed by atoms with Gasteiger partial charge >= 0.3 is 6.36 Å². The monoisotopic (exact) mass is 375 g/mol. The number of nitrogens with zero attached hydrogens (tertiary/aromatic N) is 1. The Kier molecular flexibility index (Phi) is 7.43. The maximum Gasteiger partial charge on any atom is 0.573 e. The molecule has 2 amide bonds. The molecule has 1 aromatic rings. The van der Waals surface area contributed by atoms with Gasteiger partial charge < -0.3 is 15.4 Å². The molecule has 0 fully saturated rings. The molecule has 0 heterocycles. The highest BCUT2D eigenvalue weighted by molar-refractivity contribution is 5.92. The zero-order valence-electron chi connectivity index (χ0n) is 15.2.